The standard InChI is InChI=1S/C26H26ClFN2O2S/c1-3-17(2)30(26(32)19-5-4-6-21(28)15-19)16-24(31)29-13-11-23-22(12-14-33-23)25(29)18-7-9-20(27)10-8-18/h4-10,12,14-15,17,25H,3,11,13,16H2,1-2H3. The number of halogens is 2. The van der Waals surface area contributed by atoms with E-state index < -0.39 is 5.82 Å². The Kier molecular flexibility index (Phi) is 7.15. The monoisotopic (exact) mass is 484 g/mol. The van der Waals surface area contributed by atoms with Crippen LogP contribution in [0.2, 0.25) is 5.02 Å². The first-order chi connectivity index (χ1) is 15.9. The van der Waals surface area contributed by atoms with Crippen molar-refractivity contribution < 1.29 is 14.0 Å². The lowest BCUT2D eigenvalue weighted by molar-refractivity contribution is -0.134. The van der Waals surface area contributed by atoms with Crippen molar-refractivity contribution >= 4 is 34.8 Å². The first-order valence-corrected chi connectivity index (χ1v) is 12.3. The second kappa shape index (κ2) is 10.1. The molecule has 0 N–H and O–H groups in total. The number of hydrogen-bond donors (Lipinski definition) is 0. The summed E-state index contributed by atoms with van der Waals surface area (Å²) in [7, 11) is 0. The second-order valence-electron chi connectivity index (χ2n) is 8.29. The van der Waals surface area contributed by atoms with Crippen LogP contribution in [0.1, 0.15) is 52.7 Å². The lowest BCUT2D eigenvalue weighted by atomic mass is 9.93. The van der Waals surface area contributed by atoms with Gasteiger partial charge in [-0.15, -0.1) is 11.3 Å². The molecule has 1 aromatic heterocycles. The van der Waals surface area contributed by atoms with Crippen LogP contribution in [0.3, 0.4) is 0 Å². The topological polar surface area (TPSA) is 40.6 Å². The Morgan fingerprint density at radius 1 is 1.21 bits per heavy atom. The largest absolute Gasteiger partial charge is 0.330 e. The fraction of sp³-hybridized carbons (Fsp3) is 0.308. The molecule has 2 atom stereocenters. The minimum absolute atomic E-state index is 0.0616. The molecule has 0 aliphatic carbocycles. The van der Waals surface area contributed by atoms with E-state index in [2.05, 4.69) is 11.4 Å². The molecule has 2 heterocycles. The molecule has 7 heteroatoms. The number of carbonyl (C=O) groups excluding carboxylic acids is 2. The summed E-state index contributed by atoms with van der Waals surface area (Å²) in [6, 6.07) is 14.9. The van der Waals surface area contributed by atoms with Gasteiger partial charge in [0.2, 0.25) is 5.91 Å². The quantitative estimate of drug-likeness (QED) is 0.433. The van der Waals surface area contributed by atoms with Gasteiger partial charge in [-0.3, -0.25) is 9.59 Å². The van der Waals surface area contributed by atoms with Gasteiger partial charge in [-0.1, -0.05) is 36.7 Å². The summed E-state index contributed by atoms with van der Waals surface area (Å²) in [4.78, 5) is 31.6. The molecule has 172 valence electrons. The van der Waals surface area contributed by atoms with Gasteiger partial charge in [0.15, 0.2) is 0 Å². The molecule has 0 saturated heterocycles. The van der Waals surface area contributed by atoms with Gasteiger partial charge in [0.1, 0.15) is 12.4 Å². The van der Waals surface area contributed by atoms with Crippen LogP contribution in [0, 0.1) is 5.82 Å². The van der Waals surface area contributed by atoms with Crippen molar-refractivity contribution in [1.29, 1.82) is 0 Å². The van der Waals surface area contributed by atoms with Crippen molar-refractivity contribution in [2.24, 2.45) is 0 Å². The molecule has 33 heavy (non-hydrogen) atoms. The van der Waals surface area contributed by atoms with E-state index in [1.807, 2.05) is 43.0 Å². The predicted octanol–water partition coefficient (Wildman–Crippen LogP) is 5.96. The molecule has 0 fully saturated rings. The zero-order valence-electron chi connectivity index (χ0n) is 18.6. The van der Waals surface area contributed by atoms with Gasteiger partial charge in [0.25, 0.3) is 5.91 Å². The normalized spacial score (nSPS) is 16.2. The molecule has 0 saturated carbocycles. The van der Waals surface area contributed by atoms with Crippen LogP contribution in [-0.4, -0.2) is 40.7 Å². The fourth-order valence-electron chi connectivity index (χ4n) is 4.26. The highest BCUT2D eigenvalue weighted by Gasteiger charge is 2.34. The van der Waals surface area contributed by atoms with Crippen LogP contribution >= 0.6 is 22.9 Å². The highest BCUT2D eigenvalue weighted by atomic mass is 35.5. The van der Waals surface area contributed by atoms with Crippen molar-refractivity contribution in [3.8, 4) is 0 Å². The van der Waals surface area contributed by atoms with E-state index in [0.29, 0.717) is 18.0 Å². The Bertz CT molecular complexity index is 1150. The lowest BCUT2D eigenvalue weighted by Crippen LogP contribution is -2.49. The van der Waals surface area contributed by atoms with E-state index in [9.17, 15) is 14.0 Å². The molecule has 4 nitrogen and oxygen atoms in total. The van der Waals surface area contributed by atoms with Crippen molar-refractivity contribution in [3.05, 3.63) is 92.4 Å². The van der Waals surface area contributed by atoms with E-state index >= 15 is 0 Å². The molecule has 2 unspecified atom stereocenters. The summed E-state index contributed by atoms with van der Waals surface area (Å²) in [5.74, 6) is -0.939. The third kappa shape index (κ3) is 4.97. The Hall–Kier alpha value is -2.70. The highest BCUT2D eigenvalue weighted by molar-refractivity contribution is 7.10. The number of thiophene rings is 1. The molecule has 2 aromatic carbocycles. The van der Waals surface area contributed by atoms with Crippen LogP contribution in [0.5, 0.6) is 0 Å². The summed E-state index contributed by atoms with van der Waals surface area (Å²) < 4.78 is 13.8. The van der Waals surface area contributed by atoms with Gasteiger partial charge in [-0.05, 0) is 72.7 Å². The predicted molar refractivity (Wildman–Crippen MR) is 130 cm³/mol. The van der Waals surface area contributed by atoms with Gasteiger partial charge < -0.3 is 9.80 Å². The summed E-state index contributed by atoms with van der Waals surface area (Å²) in [5, 5.41) is 2.70. The molecule has 1 aliphatic heterocycles. The first-order valence-electron chi connectivity index (χ1n) is 11.1. The van der Waals surface area contributed by atoms with E-state index in [0.717, 1.165) is 17.5 Å². The van der Waals surface area contributed by atoms with Crippen molar-refractivity contribution in [1.82, 2.24) is 9.80 Å². The molecule has 3 aromatic rings. The van der Waals surface area contributed by atoms with Crippen molar-refractivity contribution in [3.63, 3.8) is 0 Å². The van der Waals surface area contributed by atoms with Gasteiger partial charge in [-0.25, -0.2) is 4.39 Å². The van der Waals surface area contributed by atoms with Crippen LogP contribution in [-0.2, 0) is 11.2 Å². The third-order valence-corrected chi connectivity index (χ3v) is 7.48. The molecule has 0 spiro atoms. The molecule has 1 aliphatic rings. The van der Waals surface area contributed by atoms with E-state index in [1.54, 1.807) is 22.3 Å². The van der Waals surface area contributed by atoms with Crippen LogP contribution in [0.25, 0.3) is 0 Å². The molecular weight excluding hydrogens is 459 g/mol. The van der Waals surface area contributed by atoms with Gasteiger partial charge >= 0.3 is 0 Å². The number of fused-ring (bicyclic) bond motifs is 1. The number of nitrogens with zero attached hydrogens (tertiary/aromatic N) is 2. The minimum atomic E-state index is -0.472. The summed E-state index contributed by atoms with van der Waals surface area (Å²) in [6.45, 7) is 4.39. The Labute approximate surface area is 202 Å². The molecular formula is C26H26ClFN2O2S. The maximum absolute atomic E-state index is 13.8. The van der Waals surface area contributed by atoms with Gasteiger partial charge in [0, 0.05) is 28.0 Å². The zero-order chi connectivity index (χ0) is 23.5. The number of carbonyl (C=O) groups is 2. The lowest BCUT2D eigenvalue weighted by Gasteiger charge is -2.38. The van der Waals surface area contributed by atoms with E-state index in [4.69, 9.17) is 11.6 Å². The average Bonchev–Trinajstić information content (AvgIpc) is 3.30. The molecule has 2 amide bonds. The maximum Gasteiger partial charge on any atom is 0.254 e. The average molecular weight is 485 g/mol. The smallest absolute Gasteiger partial charge is 0.254 e. The molecule has 0 radical (unpaired) electrons. The summed E-state index contributed by atoms with van der Waals surface area (Å²) in [5.41, 5.74) is 2.35. The number of amides is 2. The molecule has 4 rings (SSSR count). The summed E-state index contributed by atoms with van der Waals surface area (Å²) >= 11 is 7.81. The second-order valence-corrected chi connectivity index (χ2v) is 9.73. The van der Waals surface area contributed by atoms with Crippen LogP contribution in [0.4, 0.5) is 4.39 Å². The number of benzene rings is 2. The maximum atomic E-state index is 13.8. The van der Waals surface area contributed by atoms with Crippen LogP contribution in [0.15, 0.2) is 60.0 Å². The molecule has 0 bridgehead atoms. The summed E-state index contributed by atoms with van der Waals surface area (Å²) in [6.07, 6.45) is 1.47. The Balaban J connectivity index is 1.64. The van der Waals surface area contributed by atoms with E-state index in [1.165, 1.54) is 23.1 Å². The minimum Gasteiger partial charge on any atom is -0.330 e. The van der Waals surface area contributed by atoms with Crippen molar-refractivity contribution in [2.45, 2.75) is 38.8 Å². The van der Waals surface area contributed by atoms with Crippen molar-refractivity contribution in [2.75, 3.05) is 13.1 Å². The number of hydrogen-bond acceptors (Lipinski definition) is 3. The Morgan fingerprint density at radius 3 is 2.67 bits per heavy atom. The zero-order valence-corrected chi connectivity index (χ0v) is 20.2. The SMILES string of the molecule is CCC(C)N(CC(=O)N1CCc2sccc2C1c1ccc(Cl)cc1)C(=O)c1cccc(F)c1. The van der Waals surface area contributed by atoms with Crippen LogP contribution < -0.4 is 0 Å². The third-order valence-electron chi connectivity index (χ3n) is 6.23. The van der Waals surface area contributed by atoms with Gasteiger partial charge in [-0.2, -0.15) is 0 Å². The first kappa shape index (κ1) is 23.5. The van der Waals surface area contributed by atoms with E-state index in [-0.39, 0.29) is 36.0 Å². The highest BCUT2D eigenvalue weighted by Crippen LogP contribution is 2.38. The Morgan fingerprint density at radius 2 is 1.97 bits per heavy atom. The van der Waals surface area contributed by atoms with Gasteiger partial charge in [0.05, 0.1) is 6.04 Å². The fourth-order valence-corrected chi connectivity index (χ4v) is 5.29. The number of rotatable bonds is 6.